The topological polar surface area (TPSA) is 9.23 Å². The van der Waals surface area contributed by atoms with Crippen LogP contribution in [-0.4, -0.2) is 6.61 Å². The second-order valence-corrected chi connectivity index (χ2v) is 1.86. The fraction of sp³-hybridized carbons (Fsp3) is 0.556. The minimum atomic E-state index is 0.697. The van der Waals surface area contributed by atoms with Crippen LogP contribution in [0.5, 0.6) is 0 Å². The molecular weight excluding hydrogens is 124 g/mol. The summed E-state index contributed by atoms with van der Waals surface area (Å²) >= 11 is 0. The summed E-state index contributed by atoms with van der Waals surface area (Å²) in [6.07, 6.45) is 10.4. The molecule has 0 aliphatic rings. The molecule has 0 aromatic carbocycles. The van der Waals surface area contributed by atoms with Crippen LogP contribution in [0.4, 0.5) is 0 Å². The Labute approximate surface area is 62.8 Å². The average molecular weight is 136 g/mol. The quantitative estimate of drug-likeness (QED) is 0.423. The zero-order valence-corrected chi connectivity index (χ0v) is 6.31. The van der Waals surface area contributed by atoms with Gasteiger partial charge in [-0.15, -0.1) is 12.3 Å². The van der Waals surface area contributed by atoms with E-state index in [0.29, 0.717) is 6.61 Å². The van der Waals surface area contributed by atoms with Crippen molar-refractivity contribution in [2.24, 2.45) is 0 Å². The fourth-order valence-corrected chi connectivity index (χ4v) is 0.524. The first kappa shape index (κ1) is 8.92. The van der Waals surface area contributed by atoms with Gasteiger partial charge < -0.3 is 4.74 Å². The number of ether oxygens (including phenoxy) is 1. The number of hydrogen-bond acceptors (Lipinski definition) is 1. The Morgan fingerprint density at radius 2 is 2.20 bits per heavy atom. The molecule has 1 nitrogen and oxygen atoms in total. The van der Waals surface area contributed by atoms with E-state index in [9.17, 15) is 0 Å². The van der Waals surface area contributed by atoms with Gasteiger partial charge in [0.15, 0.2) is 0 Å². The number of rotatable bonds is 4. The van der Waals surface area contributed by atoms with Crippen molar-refractivity contribution in [1.29, 1.82) is 0 Å². The molecule has 1 heteroatoms. The van der Waals surface area contributed by atoms with Gasteiger partial charge in [-0.3, -0.25) is 0 Å². The standard InChI is InChI=1S/C9H12O/c1-3-5-6-7-9-10-8-4-2/h1H,5-7,9H2,2H3. The van der Waals surface area contributed by atoms with Gasteiger partial charge in [-0.05, 0) is 12.8 Å². The molecule has 0 saturated carbocycles. The molecule has 0 aliphatic heterocycles. The van der Waals surface area contributed by atoms with E-state index in [1.54, 1.807) is 6.92 Å². The van der Waals surface area contributed by atoms with E-state index in [0.717, 1.165) is 19.3 Å². The lowest BCUT2D eigenvalue weighted by atomic mass is 10.2. The summed E-state index contributed by atoms with van der Waals surface area (Å²) in [5, 5.41) is 0. The molecule has 0 amide bonds. The Bertz CT molecular complexity index is 154. The fourth-order valence-electron chi connectivity index (χ4n) is 0.524. The van der Waals surface area contributed by atoms with Crippen LogP contribution in [0.2, 0.25) is 0 Å². The minimum absolute atomic E-state index is 0.697. The molecule has 0 bridgehead atoms. The average Bonchev–Trinajstić information content (AvgIpc) is 1.97. The zero-order valence-electron chi connectivity index (χ0n) is 6.31. The second kappa shape index (κ2) is 7.92. The third-order valence-corrected chi connectivity index (χ3v) is 0.992. The van der Waals surface area contributed by atoms with Crippen molar-refractivity contribution in [3.63, 3.8) is 0 Å². The summed E-state index contributed by atoms with van der Waals surface area (Å²) in [6, 6.07) is 0. The minimum Gasteiger partial charge on any atom is -0.447 e. The molecule has 0 aliphatic carbocycles. The Balaban J connectivity index is 2.90. The lowest BCUT2D eigenvalue weighted by Crippen LogP contribution is -1.86. The highest BCUT2D eigenvalue weighted by molar-refractivity contribution is 4.85. The highest BCUT2D eigenvalue weighted by Gasteiger charge is 1.83. The molecular formula is C9H12O. The number of hydrogen-bond donors (Lipinski definition) is 0. The van der Waals surface area contributed by atoms with E-state index in [-0.39, 0.29) is 0 Å². The van der Waals surface area contributed by atoms with Crippen LogP contribution in [0, 0.1) is 24.4 Å². The molecule has 0 unspecified atom stereocenters. The van der Waals surface area contributed by atoms with Crippen molar-refractivity contribution in [2.75, 3.05) is 6.61 Å². The third-order valence-electron chi connectivity index (χ3n) is 0.992. The predicted octanol–water partition coefficient (Wildman–Crippen LogP) is 1.79. The van der Waals surface area contributed by atoms with Crippen LogP contribution < -0.4 is 0 Å². The van der Waals surface area contributed by atoms with Gasteiger partial charge in [0.25, 0.3) is 0 Å². The van der Waals surface area contributed by atoms with Crippen molar-refractivity contribution in [2.45, 2.75) is 26.2 Å². The lowest BCUT2D eigenvalue weighted by molar-refractivity contribution is 0.269. The first-order chi connectivity index (χ1) is 4.91. The van der Waals surface area contributed by atoms with Gasteiger partial charge in [0.1, 0.15) is 12.7 Å². The SMILES string of the molecule is C#CCCCCOC#CC. The first-order valence-electron chi connectivity index (χ1n) is 3.39. The Morgan fingerprint density at radius 3 is 2.80 bits per heavy atom. The summed E-state index contributed by atoms with van der Waals surface area (Å²) in [6.45, 7) is 2.45. The van der Waals surface area contributed by atoms with Gasteiger partial charge in [-0.1, -0.05) is 5.92 Å². The summed E-state index contributed by atoms with van der Waals surface area (Å²) in [5.41, 5.74) is 0. The normalized spacial score (nSPS) is 7.20. The van der Waals surface area contributed by atoms with E-state index in [1.807, 2.05) is 0 Å². The molecule has 0 rings (SSSR count). The molecule has 0 fully saturated rings. The number of terminal acetylenes is 1. The van der Waals surface area contributed by atoms with Gasteiger partial charge in [-0.25, -0.2) is 0 Å². The van der Waals surface area contributed by atoms with Gasteiger partial charge in [0.2, 0.25) is 0 Å². The molecule has 0 atom stereocenters. The lowest BCUT2D eigenvalue weighted by Gasteiger charge is -1.93. The Hall–Kier alpha value is -1.08. The van der Waals surface area contributed by atoms with Gasteiger partial charge in [0, 0.05) is 13.3 Å². The van der Waals surface area contributed by atoms with Crippen molar-refractivity contribution in [3.8, 4) is 24.4 Å². The summed E-state index contributed by atoms with van der Waals surface area (Å²) in [5.74, 6) is 5.21. The largest absolute Gasteiger partial charge is 0.447 e. The van der Waals surface area contributed by atoms with Crippen LogP contribution >= 0.6 is 0 Å². The van der Waals surface area contributed by atoms with Crippen LogP contribution in [-0.2, 0) is 4.74 Å². The molecule has 0 saturated heterocycles. The highest BCUT2D eigenvalue weighted by Crippen LogP contribution is 1.92. The maximum absolute atomic E-state index is 5.05. The molecule has 54 valence electrons. The predicted molar refractivity (Wildman–Crippen MR) is 42.1 cm³/mol. The highest BCUT2D eigenvalue weighted by atomic mass is 16.5. The molecule has 0 radical (unpaired) electrons. The van der Waals surface area contributed by atoms with E-state index in [4.69, 9.17) is 11.2 Å². The Morgan fingerprint density at radius 1 is 1.40 bits per heavy atom. The van der Waals surface area contributed by atoms with E-state index in [1.165, 1.54) is 0 Å². The van der Waals surface area contributed by atoms with Crippen LogP contribution in [0.15, 0.2) is 0 Å². The van der Waals surface area contributed by atoms with E-state index < -0.39 is 0 Å². The van der Waals surface area contributed by atoms with Crippen LogP contribution in [0.25, 0.3) is 0 Å². The van der Waals surface area contributed by atoms with Gasteiger partial charge in [-0.2, -0.15) is 0 Å². The van der Waals surface area contributed by atoms with E-state index >= 15 is 0 Å². The van der Waals surface area contributed by atoms with Crippen LogP contribution in [0.1, 0.15) is 26.2 Å². The summed E-state index contributed by atoms with van der Waals surface area (Å²) < 4.78 is 4.90. The van der Waals surface area contributed by atoms with Crippen molar-refractivity contribution in [1.82, 2.24) is 0 Å². The van der Waals surface area contributed by atoms with Crippen LogP contribution in [0.3, 0.4) is 0 Å². The number of unbranched alkanes of at least 4 members (excludes halogenated alkanes) is 2. The van der Waals surface area contributed by atoms with Crippen molar-refractivity contribution in [3.05, 3.63) is 0 Å². The van der Waals surface area contributed by atoms with Crippen molar-refractivity contribution >= 4 is 0 Å². The Kier molecular flexibility index (Phi) is 7.06. The second-order valence-electron chi connectivity index (χ2n) is 1.86. The molecule has 0 spiro atoms. The third kappa shape index (κ3) is 6.92. The molecule has 0 N–H and O–H groups in total. The molecule has 0 heterocycles. The molecule has 0 aromatic rings. The van der Waals surface area contributed by atoms with E-state index in [2.05, 4.69) is 17.9 Å². The van der Waals surface area contributed by atoms with Gasteiger partial charge in [0.05, 0.1) is 0 Å². The first-order valence-corrected chi connectivity index (χ1v) is 3.39. The summed E-state index contributed by atoms with van der Waals surface area (Å²) in [7, 11) is 0. The van der Waals surface area contributed by atoms with Gasteiger partial charge >= 0.3 is 0 Å². The molecule has 10 heavy (non-hydrogen) atoms. The summed E-state index contributed by atoms with van der Waals surface area (Å²) in [4.78, 5) is 0. The smallest absolute Gasteiger partial charge is 0.109 e. The monoisotopic (exact) mass is 136 g/mol. The maximum Gasteiger partial charge on any atom is 0.109 e. The maximum atomic E-state index is 5.05. The zero-order chi connectivity index (χ0) is 7.66. The van der Waals surface area contributed by atoms with Crippen molar-refractivity contribution < 1.29 is 4.74 Å². The molecule has 0 aromatic heterocycles.